The summed E-state index contributed by atoms with van der Waals surface area (Å²) < 4.78 is 31.1. The number of hydrogen-bond donors (Lipinski definition) is 0. The van der Waals surface area contributed by atoms with Crippen LogP contribution in [0.4, 0.5) is 4.39 Å². The van der Waals surface area contributed by atoms with Gasteiger partial charge in [-0.25, -0.2) is 4.39 Å². The molecular weight excluding hydrogens is 351 g/mol. The highest BCUT2D eigenvalue weighted by Gasteiger charge is 2.16. The van der Waals surface area contributed by atoms with Crippen LogP contribution >= 0.6 is 15.9 Å². The maximum Gasteiger partial charge on any atom is 0.158 e. The van der Waals surface area contributed by atoms with Crippen LogP contribution in [0.1, 0.15) is 50.2 Å². The Morgan fingerprint density at radius 2 is 2.18 bits per heavy atom. The predicted octanol–water partition coefficient (Wildman–Crippen LogP) is 4.94. The van der Waals surface area contributed by atoms with Crippen LogP contribution in [0.15, 0.2) is 12.1 Å². The van der Waals surface area contributed by atoms with Gasteiger partial charge in [-0.2, -0.15) is 0 Å². The smallest absolute Gasteiger partial charge is 0.158 e. The normalized spacial score (nSPS) is 18.4. The molecule has 1 aliphatic rings. The Morgan fingerprint density at radius 3 is 2.86 bits per heavy atom. The second-order valence-corrected chi connectivity index (χ2v) is 6.05. The van der Waals surface area contributed by atoms with Crippen molar-refractivity contribution in [3.05, 3.63) is 29.1 Å². The molecule has 1 atom stereocenters. The maximum absolute atomic E-state index is 14.0. The lowest BCUT2D eigenvalue weighted by molar-refractivity contribution is -0.169. The average molecular weight is 375 g/mol. The summed E-state index contributed by atoms with van der Waals surface area (Å²) in [7, 11) is 0. The predicted molar refractivity (Wildman–Crippen MR) is 87.8 cm³/mol. The van der Waals surface area contributed by atoms with Gasteiger partial charge >= 0.3 is 0 Å². The molecule has 0 spiro atoms. The van der Waals surface area contributed by atoms with Crippen LogP contribution < -0.4 is 4.74 Å². The minimum absolute atomic E-state index is 0.158. The minimum Gasteiger partial charge on any atom is -0.493 e. The third kappa shape index (κ3) is 5.21. The van der Waals surface area contributed by atoms with Crippen molar-refractivity contribution in [1.82, 2.24) is 0 Å². The van der Waals surface area contributed by atoms with Gasteiger partial charge in [-0.05, 0) is 37.3 Å². The highest BCUT2D eigenvalue weighted by molar-refractivity contribution is 9.08. The van der Waals surface area contributed by atoms with Crippen molar-refractivity contribution in [3.8, 4) is 5.75 Å². The molecule has 0 aromatic heterocycles. The summed E-state index contributed by atoms with van der Waals surface area (Å²) in [6, 6.07) is 3.28. The Hall–Kier alpha value is -0.650. The fraction of sp³-hybridized carbons (Fsp3) is 0.647. The van der Waals surface area contributed by atoms with E-state index in [0.717, 1.165) is 44.3 Å². The van der Waals surface area contributed by atoms with Crippen molar-refractivity contribution in [2.75, 3.05) is 13.2 Å². The number of ether oxygens (including phenoxy) is 3. The van der Waals surface area contributed by atoms with Crippen LogP contribution in [0.2, 0.25) is 0 Å². The van der Waals surface area contributed by atoms with Gasteiger partial charge in [-0.1, -0.05) is 29.3 Å². The molecule has 0 bridgehead atoms. The van der Waals surface area contributed by atoms with Crippen LogP contribution in [0.25, 0.3) is 0 Å². The quantitative estimate of drug-likeness (QED) is 0.476. The molecule has 0 amide bonds. The zero-order chi connectivity index (χ0) is 15.8. The number of hydrogen-bond acceptors (Lipinski definition) is 3. The topological polar surface area (TPSA) is 27.7 Å². The fourth-order valence-electron chi connectivity index (χ4n) is 2.35. The standard InChI is InChI=1S/C17H24BrFO3/c1-2-3-7-20-16-10-15(19)13(11-18)9-14(16)12-22-17-6-4-5-8-21-17/h9-10,17H,2-8,11-12H2,1H3. The minimum atomic E-state index is -0.249. The lowest BCUT2D eigenvalue weighted by atomic mass is 10.1. The summed E-state index contributed by atoms with van der Waals surface area (Å²) in [6.07, 6.45) is 4.97. The molecule has 1 heterocycles. The van der Waals surface area contributed by atoms with E-state index in [0.29, 0.717) is 29.9 Å². The van der Waals surface area contributed by atoms with Gasteiger partial charge in [0.1, 0.15) is 11.6 Å². The summed E-state index contributed by atoms with van der Waals surface area (Å²) in [5.41, 5.74) is 1.49. The third-order valence-electron chi connectivity index (χ3n) is 3.69. The Bertz CT molecular complexity index is 461. The van der Waals surface area contributed by atoms with Crippen LogP contribution in [-0.4, -0.2) is 19.5 Å². The van der Waals surface area contributed by atoms with E-state index < -0.39 is 0 Å². The van der Waals surface area contributed by atoms with Crippen molar-refractivity contribution in [2.24, 2.45) is 0 Å². The molecule has 3 nitrogen and oxygen atoms in total. The van der Waals surface area contributed by atoms with E-state index in [1.54, 1.807) is 0 Å². The van der Waals surface area contributed by atoms with Gasteiger partial charge < -0.3 is 14.2 Å². The molecule has 2 rings (SSSR count). The molecule has 1 aliphatic heterocycles. The number of rotatable bonds is 8. The van der Waals surface area contributed by atoms with Gasteiger partial charge in [0.15, 0.2) is 6.29 Å². The SMILES string of the molecule is CCCCOc1cc(F)c(CBr)cc1COC1CCCCO1. The van der Waals surface area contributed by atoms with E-state index in [2.05, 4.69) is 22.9 Å². The van der Waals surface area contributed by atoms with E-state index in [4.69, 9.17) is 14.2 Å². The van der Waals surface area contributed by atoms with Crippen molar-refractivity contribution < 1.29 is 18.6 Å². The van der Waals surface area contributed by atoms with Gasteiger partial charge in [0.2, 0.25) is 0 Å². The number of halogens is 2. The van der Waals surface area contributed by atoms with Gasteiger partial charge in [0.25, 0.3) is 0 Å². The lowest BCUT2D eigenvalue weighted by Gasteiger charge is -2.23. The monoisotopic (exact) mass is 374 g/mol. The van der Waals surface area contributed by atoms with E-state index >= 15 is 0 Å². The Kier molecular flexibility index (Phi) is 7.63. The van der Waals surface area contributed by atoms with Crippen LogP contribution in [0.3, 0.4) is 0 Å². The summed E-state index contributed by atoms with van der Waals surface area (Å²) in [4.78, 5) is 0. The molecule has 1 aromatic rings. The molecule has 1 unspecified atom stereocenters. The zero-order valence-corrected chi connectivity index (χ0v) is 14.7. The van der Waals surface area contributed by atoms with Gasteiger partial charge in [0.05, 0.1) is 13.2 Å². The molecule has 0 saturated carbocycles. The molecule has 1 saturated heterocycles. The van der Waals surface area contributed by atoms with Crippen molar-refractivity contribution in [1.29, 1.82) is 0 Å². The maximum atomic E-state index is 14.0. The molecule has 0 radical (unpaired) electrons. The largest absolute Gasteiger partial charge is 0.493 e. The summed E-state index contributed by atoms with van der Waals surface area (Å²) in [5, 5.41) is 0.473. The first-order valence-electron chi connectivity index (χ1n) is 7.97. The second-order valence-electron chi connectivity index (χ2n) is 5.49. The van der Waals surface area contributed by atoms with Crippen molar-refractivity contribution in [2.45, 2.75) is 57.3 Å². The molecule has 5 heteroatoms. The third-order valence-corrected chi connectivity index (χ3v) is 4.30. The van der Waals surface area contributed by atoms with Crippen LogP contribution in [-0.2, 0) is 21.4 Å². The summed E-state index contributed by atoms with van der Waals surface area (Å²) in [6.45, 7) is 3.83. The van der Waals surface area contributed by atoms with Gasteiger partial charge in [-0.3, -0.25) is 0 Å². The average Bonchev–Trinajstić information content (AvgIpc) is 2.55. The number of unbranched alkanes of at least 4 members (excludes halogenated alkanes) is 1. The molecule has 1 aromatic carbocycles. The molecule has 22 heavy (non-hydrogen) atoms. The summed E-state index contributed by atoms with van der Waals surface area (Å²) in [5.74, 6) is 0.326. The van der Waals surface area contributed by atoms with Crippen molar-refractivity contribution >= 4 is 15.9 Å². The fourth-order valence-corrected chi connectivity index (χ4v) is 2.78. The first-order chi connectivity index (χ1) is 10.7. The van der Waals surface area contributed by atoms with Crippen LogP contribution in [0, 0.1) is 5.82 Å². The summed E-state index contributed by atoms with van der Waals surface area (Å²) >= 11 is 3.31. The van der Waals surface area contributed by atoms with Gasteiger partial charge in [-0.15, -0.1) is 0 Å². The van der Waals surface area contributed by atoms with E-state index in [1.807, 2.05) is 6.07 Å². The Morgan fingerprint density at radius 1 is 1.32 bits per heavy atom. The number of alkyl halides is 1. The lowest BCUT2D eigenvalue weighted by Crippen LogP contribution is -2.22. The molecule has 0 N–H and O–H groups in total. The van der Waals surface area contributed by atoms with Gasteiger partial charge in [0, 0.05) is 23.6 Å². The zero-order valence-electron chi connectivity index (χ0n) is 13.1. The Labute approximate surface area is 140 Å². The molecule has 124 valence electrons. The molecule has 1 fully saturated rings. The highest BCUT2D eigenvalue weighted by Crippen LogP contribution is 2.27. The number of benzene rings is 1. The van der Waals surface area contributed by atoms with E-state index in [1.165, 1.54) is 6.07 Å². The Balaban J connectivity index is 2.04. The van der Waals surface area contributed by atoms with E-state index in [9.17, 15) is 4.39 Å². The first-order valence-corrected chi connectivity index (χ1v) is 9.10. The first kappa shape index (κ1) is 17.7. The highest BCUT2D eigenvalue weighted by atomic mass is 79.9. The second kappa shape index (κ2) is 9.48. The molecule has 0 aliphatic carbocycles. The van der Waals surface area contributed by atoms with E-state index in [-0.39, 0.29) is 12.1 Å². The molecular formula is C17H24BrFO3. The van der Waals surface area contributed by atoms with Crippen molar-refractivity contribution in [3.63, 3.8) is 0 Å². The van der Waals surface area contributed by atoms with Crippen LogP contribution in [0.5, 0.6) is 5.75 Å².